The topological polar surface area (TPSA) is 51.0 Å². The van der Waals surface area contributed by atoms with Crippen molar-refractivity contribution < 1.29 is 4.79 Å². The second-order valence-corrected chi connectivity index (χ2v) is 8.96. The summed E-state index contributed by atoms with van der Waals surface area (Å²) in [5, 5.41) is 0. The van der Waals surface area contributed by atoms with Gasteiger partial charge in [-0.15, -0.1) is 0 Å². The molecule has 0 atom stereocenters. The third kappa shape index (κ3) is 4.40. The Bertz CT molecular complexity index is 1000. The summed E-state index contributed by atoms with van der Waals surface area (Å²) in [7, 11) is 0. The van der Waals surface area contributed by atoms with Crippen LogP contribution in [0.5, 0.6) is 0 Å². The molecular weight excluding hydrogens is 372 g/mol. The number of amides is 1. The van der Waals surface area contributed by atoms with Gasteiger partial charge in [0.15, 0.2) is 5.65 Å². The van der Waals surface area contributed by atoms with Crippen molar-refractivity contribution in [1.29, 1.82) is 0 Å². The van der Waals surface area contributed by atoms with E-state index in [4.69, 9.17) is 4.98 Å². The lowest BCUT2D eigenvalue weighted by atomic mass is 10.1. The van der Waals surface area contributed by atoms with E-state index in [0.717, 1.165) is 53.9 Å². The Balaban J connectivity index is 1.68. The van der Waals surface area contributed by atoms with Crippen LogP contribution in [0.25, 0.3) is 11.2 Å². The smallest absolute Gasteiger partial charge is 0.254 e. The van der Waals surface area contributed by atoms with E-state index < -0.39 is 0 Å². The molecule has 158 valence electrons. The monoisotopic (exact) mass is 404 g/mol. The number of pyridine rings is 1. The van der Waals surface area contributed by atoms with Crippen LogP contribution in [0.4, 0.5) is 0 Å². The molecule has 2 aromatic heterocycles. The van der Waals surface area contributed by atoms with Crippen molar-refractivity contribution in [2.75, 3.05) is 6.54 Å². The minimum absolute atomic E-state index is 0.0774. The molecule has 5 nitrogen and oxygen atoms in total. The third-order valence-corrected chi connectivity index (χ3v) is 6.11. The SMILES string of the molecule is Cc1ccc(C(=O)N(CCC(C)C)Cc2nc3cccnc3n2C2CCCC2)cc1. The zero-order valence-electron chi connectivity index (χ0n) is 18.3. The number of hydrogen-bond donors (Lipinski definition) is 0. The first-order valence-corrected chi connectivity index (χ1v) is 11.2. The van der Waals surface area contributed by atoms with E-state index in [-0.39, 0.29) is 5.91 Å². The summed E-state index contributed by atoms with van der Waals surface area (Å²) in [5.41, 5.74) is 3.78. The molecule has 1 amide bonds. The van der Waals surface area contributed by atoms with Gasteiger partial charge < -0.3 is 9.47 Å². The van der Waals surface area contributed by atoms with Crippen molar-refractivity contribution >= 4 is 17.1 Å². The number of carbonyl (C=O) groups excluding carboxylic acids is 1. The van der Waals surface area contributed by atoms with Crippen LogP contribution in [0, 0.1) is 12.8 Å². The second kappa shape index (κ2) is 8.99. The summed E-state index contributed by atoms with van der Waals surface area (Å²) in [5.74, 6) is 1.57. The molecule has 0 aliphatic heterocycles. The van der Waals surface area contributed by atoms with E-state index in [2.05, 4.69) is 23.4 Å². The van der Waals surface area contributed by atoms with E-state index in [9.17, 15) is 4.79 Å². The number of nitrogens with zero attached hydrogens (tertiary/aromatic N) is 4. The largest absolute Gasteiger partial charge is 0.331 e. The van der Waals surface area contributed by atoms with Crippen LogP contribution in [-0.2, 0) is 6.54 Å². The molecule has 0 saturated heterocycles. The summed E-state index contributed by atoms with van der Waals surface area (Å²) < 4.78 is 2.31. The highest BCUT2D eigenvalue weighted by atomic mass is 16.2. The number of benzene rings is 1. The van der Waals surface area contributed by atoms with Crippen molar-refractivity contribution in [3.05, 3.63) is 59.5 Å². The van der Waals surface area contributed by atoms with Gasteiger partial charge >= 0.3 is 0 Å². The molecule has 1 aliphatic carbocycles. The van der Waals surface area contributed by atoms with Gasteiger partial charge in [-0.1, -0.05) is 44.4 Å². The summed E-state index contributed by atoms with van der Waals surface area (Å²) in [6.45, 7) is 7.69. The molecule has 0 N–H and O–H groups in total. The molecule has 2 heterocycles. The summed E-state index contributed by atoms with van der Waals surface area (Å²) in [6, 6.07) is 12.3. The molecule has 4 rings (SSSR count). The van der Waals surface area contributed by atoms with Crippen LogP contribution < -0.4 is 0 Å². The first-order valence-electron chi connectivity index (χ1n) is 11.2. The second-order valence-electron chi connectivity index (χ2n) is 8.96. The molecule has 1 saturated carbocycles. The zero-order chi connectivity index (χ0) is 21.1. The molecule has 0 bridgehead atoms. The minimum atomic E-state index is 0.0774. The number of hydrogen-bond acceptors (Lipinski definition) is 3. The van der Waals surface area contributed by atoms with Gasteiger partial charge in [0, 0.05) is 24.3 Å². The van der Waals surface area contributed by atoms with Crippen LogP contribution in [0.3, 0.4) is 0 Å². The van der Waals surface area contributed by atoms with Gasteiger partial charge in [0.2, 0.25) is 0 Å². The van der Waals surface area contributed by atoms with Gasteiger partial charge in [-0.25, -0.2) is 9.97 Å². The molecule has 30 heavy (non-hydrogen) atoms. The molecule has 0 radical (unpaired) electrons. The standard InChI is InChI=1S/C25H32N4O/c1-18(2)14-16-28(25(30)20-12-10-19(3)11-13-20)17-23-27-22-9-6-15-26-24(22)29(23)21-7-4-5-8-21/h6,9-13,15,18,21H,4-5,7-8,14,16-17H2,1-3H3. The van der Waals surface area contributed by atoms with Crippen molar-refractivity contribution in [2.45, 2.75) is 65.5 Å². The Morgan fingerprint density at radius 3 is 2.60 bits per heavy atom. The van der Waals surface area contributed by atoms with Crippen LogP contribution in [0.1, 0.15) is 73.7 Å². The van der Waals surface area contributed by atoms with Gasteiger partial charge in [0.05, 0.1) is 6.54 Å². The fraction of sp³-hybridized carbons (Fsp3) is 0.480. The van der Waals surface area contributed by atoms with Gasteiger partial charge in [0.25, 0.3) is 5.91 Å². The van der Waals surface area contributed by atoms with Crippen LogP contribution in [0.15, 0.2) is 42.6 Å². The third-order valence-electron chi connectivity index (χ3n) is 6.11. The van der Waals surface area contributed by atoms with E-state index in [1.807, 2.05) is 54.4 Å². The fourth-order valence-electron chi connectivity index (χ4n) is 4.35. The van der Waals surface area contributed by atoms with Gasteiger partial charge in [-0.2, -0.15) is 0 Å². The molecular formula is C25H32N4O. The van der Waals surface area contributed by atoms with Crippen LogP contribution in [0.2, 0.25) is 0 Å². The highest BCUT2D eigenvalue weighted by Gasteiger charge is 2.26. The van der Waals surface area contributed by atoms with E-state index in [0.29, 0.717) is 18.5 Å². The van der Waals surface area contributed by atoms with Crippen molar-refractivity contribution in [1.82, 2.24) is 19.4 Å². The fourth-order valence-corrected chi connectivity index (χ4v) is 4.35. The Morgan fingerprint density at radius 2 is 1.90 bits per heavy atom. The Hall–Kier alpha value is -2.69. The Morgan fingerprint density at radius 1 is 1.17 bits per heavy atom. The molecule has 1 aromatic carbocycles. The lowest BCUT2D eigenvalue weighted by Gasteiger charge is -2.25. The number of aromatic nitrogens is 3. The van der Waals surface area contributed by atoms with Gasteiger partial charge in [-0.3, -0.25) is 4.79 Å². The van der Waals surface area contributed by atoms with E-state index >= 15 is 0 Å². The van der Waals surface area contributed by atoms with Crippen molar-refractivity contribution in [3.63, 3.8) is 0 Å². The predicted octanol–water partition coefficient (Wildman–Crippen LogP) is 5.54. The first kappa shape index (κ1) is 20.6. The molecule has 5 heteroatoms. The van der Waals surface area contributed by atoms with E-state index in [1.54, 1.807) is 0 Å². The predicted molar refractivity (Wildman–Crippen MR) is 120 cm³/mol. The highest BCUT2D eigenvalue weighted by molar-refractivity contribution is 5.94. The lowest BCUT2D eigenvalue weighted by molar-refractivity contribution is 0.0728. The van der Waals surface area contributed by atoms with Crippen LogP contribution in [-0.4, -0.2) is 31.9 Å². The van der Waals surface area contributed by atoms with Gasteiger partial charge in [0.1, 0.15) is 11.3 Å². The van der Waals surface area contributed by atoms with Crippen LogP contribution >= 0.6 is 0 Å². The first-order chi connectivity index (χ1) is 14.5. The Kier molecular flexibility index (Phi) is 6.16. The van der Waals surface area contributed by atoms with Crippen molar-refractivity contribution in [3.8, 4) is 0 Å². The van der Waals surface area contributed by atoms with Crippen molar-refractivity contribution in [2.24, 2.45) is 5.92 Å². The van der Waals surface area contributed by atoms with Gasteiger partial charge in [-0.05, 0) is 56.4 Å². The molecule has 3 aromatic rings. The average Bonchev–Trinajstić information content (AvgIpc) is 3.38. The molecule has 0 spiro atoms. The van der Waals surface area contributed by atoms with E-state index in [1.165, 1.54) is 12.8 Å². The number of rotatable bonds is 7. The highest BCUT2D eigenvalue weighted by Crippen LogP contribution is 2.33. The average molecular weight is 405 g/mol. The lowest BCUT2D eigenvalue weighted by Crippen LogP contribution is -2.33. The molecule has 1 aliphatic rings. The molecule has 1 fully saturated rings. The quantitative estimate of drug-likeness (QED) is 0.519. The summed E-state index contributed by atoms with van der Waals surface area (Å²) >= 11 is 0. The summed E-state index contributed by atoms with van der Waals surface area (Å²) in [4.78, 5) is 24.9. The maximum absolute atomic E-state index is 13.4. The number of aryl methyl sites for hydroxylation is 1. The number of carbonyl (C=O) groups is 1. The zero-order valence-corrected chi connectivity index (χ0v) is 18.3. The Labute approximate surface area is 179 Å². The minimum Gasteiger partial charge on any atom is -0.331 e. The maximum atomic E-state index is 13.4. The molecule has 0 unspecified atom stereocenters. The summed E-state index contributed by atoms with van der Waals surface area (Å²) in [6.07, 6.45) is 7.62. The number of fused-ring (bicyclic) bond motifs is 1. The normalized spacial score (nSPS) is 14.7. The number of imidazole rings is 1. The maximum Gasteiger partial charge on any atom is 0.254 e.